The highest BCUT2D eigenvalue weighted by molar-refractivity contribution is 7.18. The van der Waals surface area contributed by atoms with Gasteiger partial charge in [-0.2, -0.15) is 0 Å². The van der Waals surface area contributed by atoms with Gasteiger partial charge < -0.3 is 9.88 Å². The first kappa shape index (κ1) is 17.2. The van der Waals surface area contributed by atoms with Gasteiger partial charge in [-0.05, 0) is 63.4 Å². The number of likely N-dealkylation sites (tertiary alicyclic amines) is 1. The van der Waals surface area contributed by atoms with Crippen molar-refractivity contribution >= 4 is 21.6 Å². The van der Waals surface area contributed by atoms with Crippen LogP contribution in [0.2, 0.25) is 0 Å². The fourth-order valence-electron chi connectivity index (χ4n) is 4.56. The molecule has 0 bridgehead atoms. The van der Waals surface area contributed by atoms with Gasteiger partial charge in [0.25, 0.3) is 5.56 Å². The van der Waals surface area contributed by atoms with Crippen LogP contribution in [0.3, 0.4) is 0 Å². The van der Waals surface area contributed by atoms with Crippen LogP contribution < -0.4 is 10.5 Å². The van der Waals surface area contributed by atoms with Gasteiger partial charge in [0.15, 0.2) is 5.82 Å². The van der Waals surface area contributed by atoms with E-state index in [1.54, 1.807) is 16.2 Å². The second kappa shape index (κ2) is 7.20. The Hall–Kier alpha value is -1.20. The van der Waals surface area contributed by atoms with E-state index in [0.29, 0.717) is 0 Å². The van der Waals surface area contributed by atoms with E-state index >= 15 is 0 Å². The third-order valence-electron chi connectivity index (χ3n) is 6.20. The Morgan fingerprint density at radius 3 is 2.68 bits per heavy atom. The topological polar surface area (TPSA) is 50.2 Å². The van der Waals surface area contributed by atoms with Crippen LogP contribution in [0.5, 0.6) is 0 Å². The SMILES string of the molecule is C[C@@H]1CCc2c(sc3nc([C@@H](C)[NH+]4CCCCCCC4)[nH]c(=O)c23)C1. The largest absolute Gasteiger partial charge is 0.326 e. The molecule has 0 amide bonds. The highest BCUT2D eigenvalue weighted by atomic mass is 32.1. The highest BCUT2D eigenvalue weighted by Gasteiger charge is 2.26. The van der Waals surface area contributed by atoms with Crippen LogP contribution in [0.1, 0.15) is 74.7 Å². The predicted molar refractivity (Wildman–Crippen MR) is 104 cm³/mol. The third kappa shape index (κ3) is 3.41. The second-order valence-electron chi connectivity index (χ2n) is 8.13. The van der Waals surface area contributed by atoms with Crippen LogP contribution in [-0.2, 0) is 12.8 Å². The summed E-state index contributed by atoms with van der Waals surface area (Å²) in [6, 6.07) is 0.272. The Balaban J connectivity index is 1.67. The molecule has 2 aromatic rings. The molecule has 0 saturated carbocycles. The van der Waals surface area contributed by atoms with Gasteiger partial charge in [-0.3, -0.25) is 4.79 Å². The third-order valence-corrected chi connectivity index (χ3v) is 7.35. The first-order chi connectivity index (χ1) is 12.1. The monoisotopic (exact) mass is 360 g/mol. The number of fused-ring (bicyclic) bond motifs is 3. The van der Waals surface area contributed by atoms with Crippen molar-refractivity contribution in [3.8, 4) is 0 Å². The number of quaternary nitrogens is 1. The molecule has 0 radical (unpaired) electrons. The van der Waals surface area contributed by atoms with Crippen LogP contribution in [0, 0.1) is 5.92 Å². The lowest BCUT2D eigenvalue weighted by atomic mass is 9.89. The molecule has 0 aromatic carbocycles. The van der Waals surface area contributed by atoms with Gasteiger partial charge in [-0.25, -0.2) is 4.98 Å². The molecule has 5 heteroatoms. The summed E-state index contributed by atoms with van der Waals surface area (Å²) in [4.78, 5) is 24.9. The summed E-state index contributed by atoms with van der Waals surface area (Å²) in [6.07, 6.45) is 9.97. The van der Waals surface area contributed by atoms with Crippen molar-refractivity contribution in [1.29, 1.82) is 0 Å². The van der Waals surface area contributed by atoms with Crippen molar-refractivity contribution in [3.05, 3.63) is 26.6 Å². The lowest BCUT2D eigenvalue weighted by Gasteiger charge is -2.27. The molecule has 1 fully saturated rings. The molecule has 25 heavy (non-hydrogen) atoms. The summed E-state index contributed by atoms with van der Waals surface area (Å²) in [5.41, 5.74) is 1.37. The van der Waals surface area contributed by atoms with Gasteiger partial charge >= 0.3 is 0 Å². The van der Waals surface area contributed by atoms with Gasteiger partial charge in [0, 0.05) is 4.88 Å². The van der Waals surface area contributed by atoms with Gasteiger partial charge in [0.1, 0.15) is 10.9 Å². The maximum absolute atomic E-state index is 12.8. The summed E-state index contributed by atoms with van der Waals surface area (Å²) < 4.78 is 0. The lowest BCUT2D eigenvalue weighted by molar-refractivity contribution is -0.931. The molecule has 2 aliphatic rings. The van der Waals surface area contributed by atoms with Gasteiger partial charge in [0.05, 0.1) is 18.5 Å². The zero-order valence-corrected chi connectivity index (χ0v) is 16.3. The van der Waals surface area contributed by atoms with Crippen LogP contribution in [0.4, 0.5) is 0 Å². The standard InChI is InChI=1S/C20H29N3OS/c1-13-8-9-15-16(12-13)25-20-17(15)19(24)21-18(22-20)14(2)23-10-6-4-3-5-7-11-23/h13-14H,3-12H2,1-2H3,(H,21,22,24)/p+1/t13-,14-/m1/s1. The van der Waals surface area contributed by atoms with Gasteiger partial charge in [0.2, 0.25) is 0 Å². The van der Waals surface area contributed by atoms with E-state index in [2.05, 4.69) is 18.8 Å². The number of aromatic amines is 1. The van der Waals surface area contributed by atoms with Crippen molar-refractivity contribution in [2.45, 2.75) is 71.3 Å². The van der Waals surface area contributed by atoms with E-state index in [1.807, 2.05) is 0 Å². The summed E-state index contributed by atoms with van der Waals surface area (Å²) >= 11 is 1.76. The fourth-order valence-corrected chi connectivity index (χ4v) is 5.95. The van der Waals surface area contributed by atoms with Crippen molar-refractivity contribution in [2.75, 3.05) is 13.1 Å². The maximum Gasteiger partial charge on any atom is 0.260 e. The second-order valence-corrected chi connectivity index (χ2v) is 9.21. The molecule has 1 aliphatic carbocycles. The van der Waals surface area contributed by atoms with Crippen molar-refractivity contribution in [3.63, 3.8) is 0 Å². The minimum atomic E-state index is 0.0883. The molecule has 4 rings (SSSR count). The Labute approximate surface area is 153 Å². The number of aromatic nitrogens is 2. The summed E-state index contributed by atoms with van der Waals surface area (Å²) in [6.45, 7) is 6.93. The average molecular weight is 361 g/mol. The lowest BCUT2D eigenvalue weighted by Crippen LogP contribution is -3.12. The van der Waals surface area contributed by atoms with E-state index in [4.69, 9.17) is 4.98 Å². The predicted octanol–water partition coefficient (Wildman–Crippen LogP) is 3.02. The zero-order valence-electron chi connectivity index (χ0n) is 15.5. The quantitative estimate of drug-likeness (QED) is 0.865. The van der Waals surface area contributed by atoms with Gasteiger partial charge in [-0.15, -0.1) is 11.3 Å². The number of nitrogens with zero attached hydrogens (tertiary/aromatic N) is 1. The molecule has 4 nitrogen and oxygen atoms in total. The number of hydrogen-bond acceptors (Lipinski definition) is 3. The minimum Gasteiger partial charge on any atom is -0.326 e. The molecular weight excluding hydrogens is 330 g/mol. The van der Waals surface area contributed by atoms with Crippen molar-refractivity contribution < 1.29 is 4.90 Å². The molecular formula is C20H30N3OS+. The normalized spacial score (nSPS) is 23.8. The fraction of sp³-hybridized carbons (Fsp3) is 0.700. The Kier molecular flexibility index (Phi) is 4.96. The first-order valence-electron chi connectivity index (χ1n) is 10.0. The molecule has 0 unspecified atom stereocenters. The van der Waals surface area contributed by atoms with Crippen LogP contribution in [0.25, 0.3) is 10.2 Å². The molecule has 2 N–H and O–H groups in total. The number of H-pyrrole nitrogens is 1. The van der Waals surface area contributed by atoms with E-state index in [-0.39, 0.29) is 11.6 Å². The number of aryl methyl sites for hydroxylation is 1. The number of thiophene rings is 1. The van der Waals surface area contributed by atoms with Crippen molar-refractivity contribution in [1.82, 2.24) is 9.97 Å². The first-order valence-corrected chi connectivity index (χ1v) is 10.8. The molecule has 0 spiro atoms. The molecule has 2 aromatic heterocycles. The molecule has 1 saturated heterocycles. The van der Waals surface area contributed by atoms with Crippen LogP contribution in [0.15, 0.2) is 4.79 Å². The molecule has 1 aliphatic heterocycles. The Bertz CT molecular complexity index is 801. The smallest absolute Gasteiger partial charge is 0.260 e. The Morgan fingerprint density at radius 2 is 1.92 bits per heavy atom. The summed E-state index contributed by atoms with van der Waals surface area (Å²) in [5, 5.41) is 0.880. The zero-order chi connectivity index (χ0) is 17.4. The summed E-state index contributed by atoms with van der Waals surface area (Å²) in [5.74, 6) is 1.61. The molecule has 136 valence electrons. The minimum absolute atomic E-state index is 0.0883. The van der Waals surface area contributed by atoms with E-state index < -0.39 is 0 Å². The van der Waals surface area contributed by atoms with E-state index in [1.165, 1.54) is 62.1 Å². The highest BCUT2D eigenvalue weighted by Crippen LogP contribution is 2.35. The Morgan fingerprint density at radius 1 is 1.20 bits per heavy atom. The molecule has 3 heterocycles. The average Bonchev–Trinajstić information content (AvgIpc) is 2.91. The van der Waals surface area contributed by atoms with Crippen LogP contribution in [-0.4, -0.2) is 23.1 Å². The van der Waals surface area contributed by atoms with E-state index in [9.17, 15) is 4.79 Å². The maximum atomic E-state index is 12.8. The van der Waals surface area contributed by atoms with Crippen LogP contribution >= 0.6 is 11.3 Å². The van der Waals surface area contributed by atoms with Crippen molar-refractivity contribution in [2.24, 2.45) is 5.92 Å². The van der Waals surface area contributed by atoms with Gasteiger partial charge in [-0.1, -0.05) is 13.3 Å². The molecule has 2 atom stereocenters. The number of rotatable bonds is 2. The number of nitrogens with one attached hydrogen (secondary N) is 2. The summed E-state index contributed by atoms with van der Waals surface area (Å²) in [7, 11) is 0. The number of hydrogen-bond donors (Lipinski definition) is 2. The van der Waals surface area contributed by atoms with E-state index in [0.717, 1.165) is 34.8 Å².